The minimum atomic E-state index is -0.987. The minimum Gasteiger partial charge on any atom is -0.550 e. The van der Waals surface area contributed by atoms with Crippen LogP contribution in [0.5, 0.6) is 0 Å². The largest absolute Gasteiger partial charge is 0.550 e. The zero-order chi connectivity index (χ0) is 17.4. The van der Waals surface area contributed by atoms with Crippen molar-refractivity contribution in [2.45, 2.75) is 63.8 Å². The number of nitrogens with one attached hydrogen (secondary N) is 1. The molecule has 1 N–H and O–H groups in total. The summed E-state index contributed by atoms with van der Waals surface area (Å²) in [4.78, 5) is 28.5. The van der Waals surface area contributed by atoms with Gasteiger partial charge in [0.15, 0.2) is 0 Å². The Kier molecular flexibility index (Phi) is 5.03. The van der Waals surface area contributed by atoms with E-state index >= 15 is 0 Å². The second kappa shape index (κ2) is 7.26. The molecule has 0 aromatic heterocycles. The zero-order valence-corrected chi connectivity index (χ0v) is 15.3. The number of carboxylic acids is 1. The third kappa shape index (κ3) is 3.32. The molecule has 0 aromatic carbocycles. The van der Waals surface area contributed by atoms with Gasteiger partial charge in [-0.25, -0.2) is 0 Å². The molecule has 1 heterocycles. The third-order valence-corrected chi connectivity index (χ3v) is 7.68. The number of amides is 1. The molecule has 0 radical (unpaired) electrons. The maximum atomic E-state index is 13.2. The van der Waals surface area contributed by atoms with E-state index in [2.05, 4.69) is 0 Å². The molecule has 1 amide bonds. The van der Waals surface area contributed by atoms with Gasteiger partial charge in [0, 0.05) is 17.8 Å². The second-order valence-corrected chi connectivity index (χ2v) is 8.86. The summed E-state index contributed by atoms with van der Waals surface area (Å²) in [5.74, 6) is -1.29. The first-order valence-corrected chi connectivity index (χ1v) is 10.5. The maximum absolute atomic E-state index is 13.2. The first-order valence-electron chi connectivity index (χ1n) is 10.5. The molecule has 5 nitrogen and oxygen atoms in total. The molecule has 2 bridgehead atoms. The Balaban J connectivity index is 1.39. The molecule has 4 aliphatic carbocycles. The van der Waals surface area contributed by atoms with Gasteiger partial charge in [0.05, 0.1) is 32.2 Å². The van der Waals surface area contributed by atoms with Crippen LogP contribution >= 0.6 is 0 Å². The summed E-state index contributed by atoms with van der Waals surface area (Å²) in [6, 6.07) is 0.785. The van der Waals surface area contributed by atoms with Crippen molar-refractivity contribution in [2.24, 2.45) is 23.7 Å². The summed E-state index contributed by atoms with van der Waals surface area (Å²) in [5, 5.41) is 11.7. The van der Waals surface area contributed by atoms with Gasteiger partial charge < -0.3 is 19.7 Å². The monoisotopic (exact) mass is 348 g/mol. The molecule has 25 heavy (non-hydrogen) atoms. The van der Waals surface area contributed by atoms with E-state index in [0.29, 0.717) is 0 Å². The average Bonchev–Trinajstić information content (AvgIpc) is 2.68. The predicted octanol–water partition coefficient (Wildman–Crippen LogP) is -0.151. The molecule has 0 unspecified atom stereocenters. The molecule has 5 fully saturated rings. The van der Waals surface area contributed by atoms with Crippen molar-refractivity contribution in [3.8, 4) is 0 Å². The average molecular weight is 348 g/mol. The quantitative estimate of drug-likeness (QED) is 0.771. The fourth-order valence-corrected chi connectivity index (χ4v) is 6.29. The van der Waals surface area contributed by atoms with Gasteiger partial charge in [0.1, 0.15) is 0 Å². The molecule has 0 aromatic rings. The van der Waals surface area contributed by atoms with Crippen LogP contribution in [0.4, 0.5) is 0 Å². The number of hydrogen-bond donors (Lipinski definition) is 1. The van der Waals surface area contributed by atoms with E-state index in [9.17, 15) is 14.7 Å². The number of quaternary nitrogens is 1. The Labute approximate surface area is 150 Å². The number of carboxylic acid groups (broad SMARTS) is 1. The van der Waals surface area contributed by atoms with Crippen LogP contribution in [0.15, 0.2) is 0 Å². The Morgan fingerprint density at radius 1 is 0.800 bits per heavy atom. The van der Waals surface area contributed by atoms with Crippen LogP contribution in [0.25, 0.3) is 0 Å². The van der Waals surface area contributed by atoms with Crippen molar-refractivity contribution < 1.29 is 19.6 Å². The van der Waals surface area contributed by atoms with E-state index in [1.54, 1.807) is 4.90 Å². The number of carbonyl (C=O) groups excluding carboxylic acids is 2. The van der Waals surface area contributed by atoms with Gasteiger partial charge in [0.25, 0.3) is 0 Å². The van der Waals surface area contributed by atoms with Gasteiger partial charge in [-0.05, 0) is 63.2 Å². The minimum absolute atomic E-state index is 0.117. The standard InChI is InChI=1S/C20H32N2O3/c23-19(17-14-6-8-15(9-7-14)18(17)20(24)25)22-12-10-21(11-13-22)16-4-2-1-3-5-16/h14-18H,1-13H2,(H,24,25)/t14?,15?,17-,18-/m1/s1. The van der Waals surface area contributed by atoms with Crippen LogP contribution in [-0.2, 0) is 9.59 Å². The Hall–Kier alpha value is -1.10. The van der Waals surface area contributed by atoms with Crippen molar-refractivity contribution in [1.82, 2.24) is 4.90 Å². The van der Waals surface area contributed by atoms with Gasteiger partial charge in [-0.15, -0.1) is 0 Å². The van der Waals surface area contributed by atoms with Gasteiger partial charge >= 0.3 is 0 Å². The van der Waals surface area contributed by atoms with Crippen LogP contribution in [0.3, 0.4) is 0 Å². The third-order valence-electron chi connectivity index (χ3n) is 7.68. The first-order chi connectivity index (χ1) is 12.1. The topological polar surface area (TPSA) is 64.9 Å². The fraction of sp³-hybridized carbons (Fsp3) is 0.900. The molecule has 4 saturated carbocycles. The molecule has 5 aliphatic rings. The van der Waals surface area contributed by atoms with Gasteiger partial charge in [0.2, 0.25) is 5.91 Å². The molecule has 5 heteroatoms. The van der Waals surface area contributed by atoms with Crippen molar-refractivity contribution in [3.05, 3.63) is 0 Å². The molecule has 5 rings (SSSR count). The summed E-state index contributed by atoms with van der Waals surface area (Å²) < 4.78 is 0. The van der Waals surface area contributed by atoms with Crippen LogP contribution in [0.1, 0.15) is 57.8 Å². The van der Waals surface area contributed by atoms with E-state index in [1.807, 2.05) is 4.90 Å². The van der Waals surface area contributed by atoms with Gasteiger partial charge in [-0.1, -0.05) is 6.42 Å². The molecular weight excluding hydrogens is 316 g/mol. The number of carbonyl (C=O) groups is 2. The van der Waals surface area contributed by atoms with E-state index in [4.69, 9.17) is 0 Å². The van der Waals surface area contributed by atoms with Crippen LogP contribution in [0, 0.1) is 23.7 Å². The van der Waals surface area contributed by atoms with Crippen LogP contribution < -0.4 is 10.0 Å². The molecule has 1 aliphatic heterocycles. The lowest BCUT2D eigenvalue weighted by Crippen LogP contribution is -3.18. The van der Waals surface area contributed by atoms with E-state index in [1.165, 1.54) is 32.1 Å². The molecule has 140 valence electrons. The van der Waals surface area contributed by atoms with Crippen molar-refractivity contribution >= 4 is 11.9 Å². The number of nitrogens with zero attached hydrogens (tertiary/aromatic N) is 1. The summed E-state index contributed by atoms with van der Waals surface area (Å²) in [7, 11) is 0. The van der Waals surface area contributed by atoms with E-state index < -0.39 is 11.9 Å². The normalized spacial score (nSPS) is 37.2. The Morgan fingerprint density at radius 2 is 1.36 bits per heavy atom. The van der Waals surface area contributed by atoms with Crippen LogP contribution in [-0.4, -0.2) is 49.0 Å². The van der Waals surface area contributed by atoms with Crippen molar-refractivity contribution in [1.29, 1.82) is 0 Å². The predicted molar refractivity (Wildman–Crippen MR) is 91.6 cm³/mol. The highest BCUT2D eigenvalue weighted by Gasteiger charge is 2.49. The van der Waals surface area contributed by atoms with Crippen molar-refractivity contribution in [2.75, 3.05) is 26.2 Å². The number of rotatable bonds is 3. The number of piperazine rings is 1. The number of hydrogen-bond acceptors (Lipinski definition) is 3. The smallest absolute Gasteiger partial charge is 0.227 e. The highest BCUT2D eigenvalue weighted by Crippen LogP contribution is 2.49. The fourth-order valence-electron chi connectivity index (χ4n) is 6.29. The van der Waals surface area contributed by atoms with E-state index in [0.717, 1.165) is 57.9 Å². The second-order valence-electron chi connectivity index (χ2n) is 8.86. The van der Waals surface area contributed by atoms with Crippen LogP contribution in [0.2, 0.25) is 0 Å². The highest BCUT2D eigenvalue weighted by molar-refractivity contribution is 5.85. The van der Waals surface area contributed by atoms with Gasteiger partial charge in [-0.2, -0.15) is 0 Å². The van der Waals surface area contributed by atoms with Crippen molar-refractivity contribution in [3.63, 3.8) is 0 Å². The molecular formula is C20H32N2O3. The number of aliphatic carboxylic acids is 1. The summed E-state index contributed by atoms with van der Waals surface area (Å²) in [6.45, 7) is 3.68. The zero-order valence-electron chi connectivity index (χ0n) is 15.3. The maximum Gasteiger partial charge on any atom is 0.227 e. The highest BCUT2D eigenvalue weighted by atomic mass is 16.4. The SMILES string of the molecule is O=C([O-])[C@@H]1C2CCC(CC2)[C@H]1C(=O)N1CC[NH+](C2CCCCC2)CC1. The molecule has 0 spiro atoms. The van der Waals surface area contributed by atoms with Gasteiger partial charge in [-0.3, -0.25) is 4.79 Å². The Morgan fingerprint density at radius 3 is 1.92 bits per heavy atom. The lowest BCUT2D eigenvalue weighted by atomic mass is 9.58. The number of fused-ring (bicyclic) bond motifs is 3. The summed E-state index contributed by atoms with van der Waals surface area (Å²) in [5.41, 5.74) is 0. The molecule has 2 atom stereocenters. The van der Waals surface area contributed by atoms with E-state index in [-0.39, 0.29) is 23.7 Å². The lowest BCUT2D eigenvalue weighted by Gasteiger charge is -2.50. The summed E-state index contributed by atoms with van der Waals surface area (Å²) >= 11 is 0. The first kappa shape index (κ1) is 17.3. The summed E-state index contributed by atoms with van der Waals surface area (Å²) in [6.07, 6.45) is 10.7. The lowest BCUT2D eigenvalue weighted by molar-refractivity contribution is -0.930. The Bertz CT molecular complexity index is 501. The molecule has 1 saturated heterocycles.